The Balaban J connectivity index is 2.67. The molecule has 0 aromatic heterocycles. The first kappa shape index (κ1) is 12.9. The first-order valence-corrected chi connectivity index (χ1v) is 7.79. The highest BCUT2D eigenvalue weighted by Gasteiger charge is 2.19. The fraction of sp³-hybridized carbons (Fsp3) is 0.500. The van der Waals surface area contributed by atoms with E-state index in [2.05, 4.69) is 12.5 Å². The molecule has 1 unspecified atom stereocenters. The van der Waals surface area contributed by atoms with Crippen LogP contribution < -0.4 is 0 Å². The van der Waals surface area contributed by atoms with Gasteiger partial charge < -0.3 is 5.11 Å². The average molecular weight is 242 g/mol. The van der Waals surface area contributed by atoms with Crippen molar-refractivity contribution in [3.8, 4) is 0 Å². The van der Waals surface area contributed by atoms with E-state index in [1.165, 1.54) is 0 Å². The van der Waals surface area contributed by atoms with Gasteiger partial charge in [-0.25, -0.2) is 0 Å². The maximum Gasteiger partial charge on any atom is 0.0834 e. The lowest BCUT2D eigenvalue weighted by Crippen LogP contribution is -2.17. The zero-order chi connectivity index (χ0) is 11.1. The van der Waals surface area contributed by atoms with E-state index >= 15 is 0 Å². The molecule has 1 rings (SSSR count). The lowest BCUT2D eigenvalue weighted by molar-refractivity contribution is 0.131. The number of aliphatic hydroxyl groups excluding tert-OH is 1. The number of thioether (sulfide) groups is 2. The molecular weight excluding hydrogens is 224 g/mol. The minimum atomic E-state index is -0.328. The summed E-state index contributed by atoms with van der Waals surface area (Å²) in [5.74, 6) is 2.37. The average Bonchev–Trinajstić information content (AvgIpc) is 2.29. The van der Waals surface area contributed by atoms with Crippen molar-refractivity contribution in [2.75, 3.05) is 24.0 Å². The molecule has 0 spiro atoms. The van der Waals surface area contributed by atoms with Gasteiger partial charge in [-0.3, -0.25) is 0 Å². The van der Waals surface area contributed by atoms with E-state index in [0.29, 0.717) is 5.92 Å². The van der Waals surface area contributed by atoms with E-state index in [1.54, 1.807) is 23.5 Å². The van der Waals surface area contributed by atoms with Gasteiger partial charge in [-0.2, -0.15) is 23.5 Å². The van der Waals surface area contributed by atoms with Crippen molar-refractivity contribution in [3.63, 3.8) is 0 Å². The minimum Gasteiger partial charge on any atom is -0.388 e. The van der Waals surface area contributed by atoms with Gasteiger partial charge in [-0.15, -0.1) is 0 Å². The van der Waals surface area contributed by atoms with Gasteiger partial charge in [0.05, 0.1) is 6.10 Å². The number of hydrogen-bond acceptors (Lipinski definition) is 3. The van der Waals surface area contributed by atoms with Crippen LogP contribution in [0.4, 0.5) is 0 Å². The predicted octanol–water partition coefficient (Wildman–Crippen LogP) is 3.06. The van der Waals surface area contributed by atoms with Crippen molar-refractivity contribution in [1.82, 2.24) is 0 Å². The lowest BCUT2D eigenvalue weighted by Gasteiger charge is -2.21. The van der Waals surface area contributed by atoms with Crippen LogP contribution in [-0.4, -0.2) is 29.1 Å². The predicted molar refractivity (Wildman–Crippen MR) is 71.7 cm³/mol. The molecule has 0 heterocycles. The van der Waals surface area contributed by atoms with Crippen LogP contribution in [0.25, 0.3) is 0 Å². The Morgan fingerprint density at radius 3 is 2.07 bits per heavy atom. The van der Waals surface area contributed by atoms with Crippen molar-refractivity contribution in [3.05, 3.63) is 35.9 Å². The largest absolute Gasteiger partial charge is 0.388 e. The second kappa shape index (κ2) is 7.20. The lowest BCUT2D eigenvalue weighted by atomic mass is 9.99. The molecule has 0 aliphatic carbocycles. The smallest absolute Gasteiger partial charge is 0.0834 e. The van der Waals surface area contributed by atoms with Crippen LogP contribution in [-0.2, 0) is 0 Å². The maximum absolute atomic E-state index is 10.2. The zero-order valence-electron chi connectivity index (χ0n) is 9.22. The summed E-state index contributed by atoms with van der Waals surface area (Å²) >= 11 is 3.60. The Hall–Kier alpha value is -0.120. The van der Waals surface area contributed by atoms with Crippen LogP contribution in [0.1, 0.15) is 11.7 Å². The Morgan fingerprint density at radius 1 is 1.07 bits per heavy atom. The summed E-state index contributed by atoms with van der Waals surface area (Å²) in [6, 6.07) is 9.94. The molecule has 0 radical (unpaired) electrons. The molecule has 1 atom stereocenters. The van der Waals surface area contributed by atoms with Crippen molar-refractivity contribution in [2.24, 2.45) is 5.92 Å². The summed E-state index contributed by atoms with van der Waals surface area (Å²) in [5, 5.41) is 10.2. The molecule has 0 fully saturated rings. The van der Waals surface area contributed by atoms with Gasteiger partial charge in [-0.05, 0) is 29.6 Å². The molecule has 0 aliphatic heterocycles. The van der Waals surface area contributed by atoms with Gasteiger partial charge in [0.2, 0.25) is 0 Å². The van der Waals surface area contributed by atoms with Gasteiger partial charge in [0, 0.05) is 5.92 Å². The van der Waals surface area contributed by atoms with E-state index in [9.17, 15) is 5.11 Å². The SMILES string of the molecule is CSCC(CSC)C(O)c1ccccc1. The standard InChI is InChI=1S/C12H18OS2/c1-14-8-11(9-15-2)12(13)10-6-4-3-5-7-10/h3-7,11-13H,8-9H2,1-2H3. The molecule has 1 aromatic rings. The quantitative estimate of drug-likeness (QED) is 0.828. The van der Waals surface area contributed by atoms with Crippen LogP contribution >= 0.6 is 23.5 Å². The topological polar surface area (TPSA) is 20.2 Å². The van der Waals surface area contributed by atoms with Gasteiger partial charge in [0.15, 0.2) is 0 Å². The highest BCUT2D eigenvalue weighted by atomic mass is 32.2. The molecule has 0 saturated carbocycles. The van der Waals surface area contributed by atoms with Crippen LogP contribution in [0.15, 0.2) is 30.3 Å². The third-order valence-corrected chi connectivity index (χ3v) is 3.87. The minimum absolute atomic E-state index is 0.328. The molecule has 3 heteroatoms. The first-order chi connectivity index (χ1) is 7.29. The number of hydrogen-bond donors (Lipinski definition) is 1. The molecule has 0 saturated heterocycles. The number of aliphatic hydroxyl groups is 1. The molecule has 0 amide bonds. The molecule has 15 heavy (non-hydrogen) atoms. The second-order valence-corrected chi connectivity index (χ2v) is 5.35. The third kappa shape index (κ3) is 4.09. The Bertz CT molecular complexity index is 258. The third-order valence-electron chi connectivity index (χ3n) is 2.35. The van der Waals surface area contributed by atoms with E-state index in [4.69, 9.17) is 0 Å². The van der Waals surface area contributed by atoms with Gasteiger partial charge in [0.25, 0.3) is 0 Å². The molecule has 0 aliphatic rings. The van der Waals surface area contributed by atoms with Crippen LogP contribution in [0.3, 0.4) is 0 Å². The Labute approximate surface area is 101 Å². The summed E-state index contributed by atoms with van der Waals surface area (Å²) in [7, 11) is 0. The fourth-order valence-corrected chi connectivity index (χ4v) is 3.19. The summed E-state index contributed by atoms with van der Waals surface area (Å²) in [6.07, 6.45) is 3.85. The molecule has 1 nitrogen and oxygen atoms in total. The monoisotopic (exact) mass is 242 g/mol. The van der Waals surface area contributed by atoms with Gasteiger partial charge in [0.1, 0.15) is 0 Å². The van der Waals surface area contributed by atoms with Crippen LogP contribution in [0, 0.1) is 5.92 Å². The molecular formula is C12H18OS2. The number of rotatable bonds is 6. The first-order valence-electron chi connectivity index (χ1n) is 5.00. The summed E-state index contributed by atoms with van der Waals surface area (Å²) in [4.78, 5) is 0. The van der Waals surface area contributed by atoms with Crippen molar-refractivity contribution in [2.45, 2.75) is 6.10 Å². The second-order valence-electron chi connectivity index (χ2n) is 3.53. The zero-order valence-corrected chi connectivity index (χ0v) is 10.9. The molecule has 0 bridgehead atoms. The van der Waals surface area contributed by atoms with Crippen molar-refractivity contribution in [1.29, 1.82) is 0 Å². The van der Waals surface area contributed by atoms with E-state index in [1.807, 2.05) is 30.3 Å². The van der Waals surface area contributed by atoms with Crippen molar-refractivity contribution < 1.29 is 5.11 Å². The molecule has 1 N–H and O–H groups in total. The highest BCUT2D eigenvalue weighted by molar-refractivity contribution is 7.99. The van der Waals surface area contributed by atoms with E-state index in [0.717, 1.165) is 17.1 Å². The number of benzene rings is 1. The molecule has 84 valence electrons. The van der Waals surface area contributed by atoms with E-state index in [-0.39, 0.29) is 6.10 Å². The molecule has 1 aromatic carbocycles. The normalized spacial score (nSPS) is 13.1. The van der Waals surface area contributed by atoms with Gasteiger partial charge >= 0.3 is 0 Å². The van der Waals surface area contributed by atoms with Crippen LogP contribution in [0.2, 0.25) is 0 Å². The van der Waals surface area contributed by atoms with Crippen LogP contribution in [0.5, 0.6) is 0 Å². The highest BCUT2D eigenvalue weighted by Crippen LogP contribution is 2.26. The summed E-state index contributed by atoms with van der Waals surface area (Å²) < 4.78 is 0. The summed E-state index contributed by atoms with van der Waals surface area (Å²) in [6.45, 7) is 0. The Kier molecular flexibility index (Phi) is 6.22. The van der Waals surface area contributed by atoms with Crippen molar-refractivity contribution >= 4 is 23.5 Å². The summed E-state index contributed by atoms with van der Waals surface area (Å²) in [5.41, 5.74) is 1.03. The Morgan fingerprint density at radius 2 is 1.60 bits per heavy atom. The fourth-order valence-electron chi connectivity index (χ4n) is 1.58. The maximum atomic E-state index is 10.2. The van der Waals surface area contributed by atoms with Gasteiger partial charge in [-0.1, -0.05) is 30.3 Å². The van der Waals surface area contributed by atoms with E-state index < -0.39 is 0 Å².